The summed E-state index contributed by atoms with van der Waals surface area (Å²) in [6.07, 6.45) is 1.10. The minimum atomic E-state index is 0.438. The second-order valence-electron chi connectivity index (χ2n) is 4.92. The Balaban J connectivity index is 1.94. The Morgan fingerprint density at radius 1 is 1.06 bits per heavy atom. The number of anilines is 1. The molecule has 1 heteroatoms. The van der Waals surface area contributed by atoms with Crippen LogP contribution in [0.25, 0.3) is 0 Å². The second kappa shape index (κ2) is 3.92. The molecule has 0 aromatic heterocycles. The zero-order chi connectivity index (χ0) is 11.8. The van der Waals surface area contributed by atoms with Gasteiger partial charge >= 0.3 is 0 Å². The highest BCUT2D eigenvalue weighted by molar-refractivity contribution is 5.58. The van der Waals surface area contributed by atoms with Gasteiger partial charge in [-0.3, -0.25) is 0 Å². The third-order valence-electron chi connectivity index (χ3n) is 3.57. The average Bonchev–Trinajstić information content (AvgIpc) is 2.72. The number of fused-ring (bicyclic) bond motifs is 1. The van der Waals surface area contributed by atoms with Crippen molar-refractivity contribution in [1.82, 2.24) is 0 Å². The molecular weight excluding hydrogens is 206 g/mol. The van der Waals surface area contributed by atoms with Gasteiger partial charge in [-0.15, -0.1) is 0 Å². The molecule has 1 aliphatic heterocycles. The van der Waals surface area contributed by atoms with E-state index in [-0.39, 0.29) is 0 Å². The zero-order valence-corrected chi connectivity index (χ0v) is 10.3. The fourth-order valence-electron chi connectivity index (χ4n) is 2.70. The van der Waals surface area contributed by atoms with Gasteiger partial charge in [0.05, 0.1) is 6.04 Å². The zero-order valence-electron chi connectivity index (χ0n) is 10.3. The summed E-state index contributed by atoms with van der Waals surface area (Å²) in [6, 6.07) is 15.8. The maximum atomic E-state index is 3.61. The first-order chi connectivity index (χ1) is 8.24. The molecular formula is C16H17N. The van der Waals surface area contributed by atoms with Crippen molar-refractivity contribution in [1.29, 1.82) is 0 Å². The van der Waals surface area contributed by atoms with Crippen LogP contribution in [0.2, 0.25) is 0 Å². The number of aryl methyl sites for hydroxylation is 2. The summed E-state index contributed by atoms with van der Waals surface area (Å²) in [4.78, 5) is 0. The van der Waals surface area contributed by atoms with E-state index < -0.39 is 0 Å². The summed E-state index contributed by atoms with van der Waals surface area (Å²) < 4.78 is 0. The summed E-state index contributed by atoms with van der Waals surface area (Å²) in [5.41, 5.74) is 6.86. The van der Waals surface area contributed by atoms with E-state index in [9.17, 15) is 0 Å². The van der Waals surface area contributed by atoms with Crippen LogP contribution in [0.4, 0.5) is 5.69 Å². The topological polar surface area (TPSA) is 12.0 Å². The fraction of sp³-hybridized carbons (Fsp3) is 0.250. The Kier molecular flexibility index (Phi) is 2.40. The molecule has 17 heavy (non-hydrogen) atoms. The van der Waals surface area contributed by atoms with Crippen LogP contribution in [0.15, 0.2) is 42.5 Å². The molecule has 0 amide bonds. The van der Waals surface area contributed by atoms with E-state index in [1.165, 1.54) is 27.9 Å². The standard InChI is InChI=1S/C16H17N/c1-11-7-8-14(12(2)9-11)16-10-13-5-3-4-6-15(13)17-16/h3-9,16-17H,10H2,1-2H3/t16-/m1/s1. The predicted molar refractivity (Wildman–Crippen MR) is 72.4 cm³/mol. The molecule has 1 N–H and O–H groups in total. The molecule has 0 fully saturated rings. The van der Waals surface area contributed by atoms with E-state index in [4.69, 9.17) is 0 Å². The van der Waals surface area contributed by atoms with Gasteiger partial charge in [-0.2, -0.15) is 0 Å². The van der Waals surface area contributed by atoms with E-state index in [0.29, 0.717) is 6.04 Å². The van der Waals surface area contributed by atoms with Crippen LogP contribution in [-0.2, 0) is 6.42 Å². The lowest BCUT2D eigenvalue weighted by Gasteiger charge is -2.15. The third kappa shape index (κ3) is 1.82. The van der Waals surface area contributed by atoms with Crippen LogP contribution in [0.3, 0.4) is 0 Å². The summed E-state index contributed by atoms with van der Waals surface area (Å²) in [5.74, 6) is 0. The lowest BCUT2D eigenvalue weighted by atomic mass is 9.97. The van der Waals surface area contributed by atoms with Gasteiger partial charge in [-0.25, -0.2) is 0 Å². The highest BCUT2D eigenvalue weighted by Gasteiger charge is 2.22. The van der Waals surface area contributed by atoms with E-state index >= 15 is 0 Å². The number of nitrogens with one attached hydrogen (secondary N) is 1. The van der Waals surface area contributed by atoms with Gasteiger partial charge in [-0.1, -0.05) is 42.0 Å². The highest BCUT2D eigenvalue weighted by Crippen LogP contribution is 2.35. The van der Waals surface area contributed by atoms with Crippen molar-refractivity contribution in [3.8, 4) is 0 Å². The van der Waals surface area contributed by atoms with Crippen LogP contribution in [0.1, 0.15) is 28.3 Å². The van der Waals surface area contributed by atoms with Gasteiger partial charge in [-0.05, 0) is 43.0 Å². The Hall–Kier alpha value is -1.76. The number of hydrogen-bond acceptors (Lipinski definition) is 1. The number of benzene rings is 2. The van der Waals surface area contributed by atoms with Gasteiger partial charge in [0.1, 0.15) is 0 Å². The van der Waals surface area contributed by atoms with Gasteiger partial charge in [0.25, 0.3) is 0 Å². The maximum absolute atomic E-state index is 3.61. The fourth-order valence-corrected chi connectivity index (χ4v) is 2.70. The lowest BCUT2D eigenvalue weighted by molar-refractivity contribution is 0.815. The molecule has 0 bridgehead atoms. The predicted octanol–water partition coefficient (Wildman–Crippen LogP) is 4.01. The van der Waals surface area contributed by atoms with Crippen molar-refractivity contribution in [3.63, 3.8) is 0 Å². The summed E-state index contributed by atoms with van der Waals surface area (Å²) >= 11 is 0. The van der Waals surface area contributed by atoms with Crippen molar-refractivity contribution in [3.05, 3.63) is 64.7 Å². The van der Waals surface area contributed by atoms with Crippen LogP contribution in [-0.4, -0.2) is 0 Å². The molecule has 0 spiro atoms. The molecule has 2 aromatic rings. The van der Waals surface area contributed by atoms with Gasteiger partial charge in [0.15, 0.2) is 0 Å². The molecule has 0 aliphatic carbocycles. The Morgan fingerprint density at radius 2 is 1.88 bits per heavy atom. The largest absolute Gasteiger partial charge is 0.378 e. The van der Waals surface area contributed by atoms with Gasteiger partial charge in [0.2, 0.25) is 0 Å². The first kappa shape index (κ1) is 10.4. The maximum Gasteiger partial charge on any atom is 0.0557 e. The Bertz CT molecular complexity index is 532. The minimum Gasteiger partial charge on any atom is -0.378 e. The lowest BCUT2D eigenvalue weighted by Crippen LogP contribution is -2.07. The van der Waals surface area contributed by atoms with Gasteiger partial charge < -0.3 is 5.32 Å². The summed E-state index contributed by atoms with van der Waals surface area (Å²) in [7, 11) is 0. The van der Waals surface area contributed by atoms with E-state index in [1.807, 2.05) is 0 Å². The highest BCUT2D eigenvalue weighted by atomic mass is 14.9. The molecule has 86 valence electrons. The molecule has 1 atom stereocenters. The first-order valence-electron chi connectivity index (χ1n) is 6.15. The van der Waals surface area contributed by atoms with Crippen LogP contribution in [0, 0.1) is 13.8 Å². The van der Waals surface area contributed by atoms with Crippen molar-refractivity contribution in [2.24, 2.45) is 0 Å². The molecule has 1 nitrogen and oxygen atoms in total. The van der Waals surface area contributed by atoms with E-state index in [0.717, 1.165) is 6.42 Å². The first-order valence-corrected chi connectivity index (χ1v) is 6.15. The monoisotopic (exact) mass is 223 g/mol. The molecule has 2 aromatic carbocycles. The quantitative estimate of drug-likeness (QED) is 0.770. The van der Waals surface area contributed by atoms with Crippen LogP contribution in [0.5, 0.6) is 0 Å². The Labute approximate surface area is 102 Å². The third-order valence-corrected chi connectivity index (χ3v) is 3.57. The molecule has 0 saturated carbocycles. The molecule has 0 radical (unpaired) electrons. The Morgan fingerprint density at radius 3 is 2.65 bits per heavy atom. The molecule has 1 aliphatic rings. The second-order valence-corrected chi connectivity index (χ2v) is 4.92. The molecule has 1 heterocycles. The van der Waals surface area contributed by atoms with Crippen molar-refractivity contribution in [2.45, 2.75) is 26.3 Å². The number of para-hydroxylation sites is 1. The average molecular weight is 223 g/mol. The molecule has 0 saturated heterocycles. The number of rotatable bonds is 1. The van der Waals surface area contributed by atoms with E-state index in [2.05, 4.69) is 61.6 Å². The van der Waals surface area contributed by atoms with E-state index in [1.54, 1.807) is 0 Å². The summed E-state index contributed by atoms with van der Waals surface area (Å²) in [5, 5.41) is 3.61. The van der Waals surface area contributed by atoms with Crippen molar-refractivity contribution >= 4 is 5.69 Å². The number of hydrogen-bond donors (Lipinski definition) is 1. The SMILES string of the molecule is Cc1ccc([C@H]2Cc3ccccc3N2)c(C)c1. The molecule has 0 unspecified atom stereocenters. The molecule has 3 rings (SSSR count). The van der Waals surface area contributed by atoms with Gasteiger partial charge in [0, 0.05) is 5.69 Å². The van der Waals surface area contributed by atoms with Crippen LogP contribution < -0.4 is 5.32 Å². The minimum absolute atomic E-state index is 0.438. The summed E-state index contributed by atoms with van der Waals surface area (Å²) in [6.45, 7) is 4.35. The van der Waals surface area contributed by atoms with Crippen molar-refractivity contribution < 1.29 is 0 Å². The van der Waals surface area contributed by atoms with Crippen LogP contribution >= 0.6 is 0 Å². The smallest absolute Gasteiger partial charge is 0.0557 e. The normalized spacial score (nSPS) is 17.6. The van der Waals surface area contributed by atoms with Crippen molar-refractivity contribution in [2.75, 3.05) is 5.32 Å².